The van der Waals surface area contributed by atoms with Gasteiger partial charge in [0.25, 0.3) is 0 Å². The van der Waals surface area contributed by atoms with E-state index < -0.39 is 0 Å². The van der Waals surface area contributed by atoms with Gasteiger partial charge in [0.05, 0.1) is 10.7 Å². The normalized spacial score (nSPS) is 21.4. The zero-order chi connectivity index (χ0) is 9.97. The van der Waals surface area contributed by atoms with Gasteiger partial charge in [-0.1, -0.05) is 11.6 Å². The summed E-state index contributed by atoms with van der Waals surface area (Å²) < 4.78 is 0. The van der Waals surface area contributed by atoms with Crippen molar-refractivity contribution in [3.05, 3.63) is 16.8 Å². The molecule has 0 amide bonds. The molecule has 1 aliphatic rings. The molecule has 2 rings (SSSR count). The second kappa shape index (κ2) is 4.11. The fourth-order valence-corrected chi connectivity index (χ4v) is 1.86. The smallest absolute Gasteiger partial charge is 0.164 e. The molecule has 1 unspecified atom stereocenters. The van der Waals surface area contributed by atoms with Crippen LogP contribution in [0.4, 0.5) is 5.82 Å². The van der Waals surface area contributed by atoms with Gasteiger partial charge in [-0.3, -0.25) is 0 Å². The van der Waals surface area contributed by atoms with Crippen LogP contribution < -0.4 is 11.1 Å². The van der Waals surface area contributed by atoms with Crippen LogP contribution in [-0.2, 0) is 6.42 Å². The topological polar surface area (TPSA) is 63.8 Å². The maximum Gasteiger partial charge on any atom is 0.164 e. The molecule has 4 nitrogen and oxygen atoms in total. The first-order chi connectivity index (χ1) is 6.75. The lowest BCUT2D eigenvalue weighted by atomic mass is 10.1. The molecule has 0 radical (unpaired) electrons. The SMILES string of the molecule is Nc1nnc(CC2CCCN2)cc1Cl. The van der Waals surface area contributed by atoms with E-state index in [9.17, 15) is 0 Å². The van der Waals surface area contributed by atoms with Gasteiger partial charge < -0.3 is 11.1 Å². The molecule has 0 saturated carbocycles. The van der Waals surface area contributed by atoms with Crippen molar-refractivity contribution in [3.63, 3.8) is 0 Å². The molecule has 0 aromatic carbocycles. The maximum atomic E-state index is 5.85. The minimum absolute atomic E-state index is 0.301. The first-order valence-electron chi connectivity index (χ1n) is 4.76. The lowest BCUT2D eigenvalue weighted by Gasteiger charge is -2.08. The Morgan fingerprint density at radius 1 is 1.57 bits per heavy atom. The molecule has 1 atom stereocenters. The van der Waals surface area contributed by atoms with E-state index in [2.05, 4.69) is 15.5 Å². The number of nitrogen functional groups attached to an aromatic ring is 1. The highest BCUT2D eigenvalue weighted by atomic mass is 35.5. The molecule has 2 heterocycles. The lowest BCUT2D eigenvalue weighted by molar-refractivity contribution is 0.591. The van der Waals surface area contributed by atoms with Crippen LogP contribution in [0.3, 0.4) is 0 Å². The van der Waals surface area contributed by atoms with Gasteiger partial charge in [0, 0.05) is 12.5 Å². The Bertz CT molecular complexity index is 323. The second-order valence-electron chi connectivity index (χ2n) is 3.57. The zero-order valence-corrected chi connectivity index (χ0v) is 8.59. The lowest BCUT2D eigenvalue weighted by Crippen LogP contribution is -2.24. The Morgan fingerprint density at radius 2 is 2.43 bits per heavy atom. The summed E-state index contributed by atoms with van der Waals surface area (Å²) in [6, 6.07) is 2.31. The highest BCUT2D eigenvalue weighted by Crippen LogP contribution is 2.17. The van der Waals surface area contributed by atoms with Gasteiger partial charge in [0.1, 0.15) is 0 Å². The summed E-state index contributed by atoms with van der Waals surface area (Å²) in [4.78, 5) is 0. The largest absolute Gasteiger partial charge is 0.381 e. The van der Waals surface area contributed by atoms with Crippen LogP contribution in [-0.4, -0.2) is 22.8 Å². The number of anilines is 1. The average molecular weight is 213 g/mol. The minimum Gasteiger partial charge on any atom is -0.381 e. The fraction of sp³-hybridized carbons (Fsp3) is 0.556. The van der Waals surface area contributed by atoms with Crippen molar-refractivity contribution in [2.45, 2.75) is 25.3 Å². The van der Waals surface area contributed by atoms with Crippen LogP contribution in [0.15, 0.2) is 6.07 Å². The summed E-state index contributed by atoms with van der Waals surface area (Å²) in [7, 11) is 0. The highest BCUT2D eigenvalue weighted by Gasteiger charge is 2.15. The van der Waals surface area contributed by atoms with Crippen molar-refractivity contribution in [2.75, 3.05) is 12.3 Å². The first-order valence-corrected chi connectivity index (χ1v) is 5.14. The summed E-state index contributed by atoms with van der Waals surface area (Å²) in [6.45, 7) is 1.10. The zero-order valence-electron chi connectivity index (χ0n) is 7.83. The number of hydrogen-bond acceptors (Lipinski definition) is 4. The molecular formula is C9H13ClN4. The first kappa shape index (κ1) is 9.68. The van der Waals surface area contributed by atoms with E-state index in [0.717, 1.165) is 18.7 Å². The number of hydrogen-bond donors (Lipinski definition) is 2. The van der Waals surface area contributed by atoms with E-state index in [4.69, 9.17) is 17.3 Å². The van der Waals surface area contributed by atoms with Crippen LogP contribution >= 0.6 is 11.6 Å². The number of nitrogens with two attached hydrogens (primary N) is 1. The van der Waals surface area contributed by atoms with Crippen LogP contribution in [0.1, 0.15) is 18.5 Å². The van der Waals surface area contributed by atoms with Crippen molar-refractivity contribution >= 4 is 17.4 Å². The van der Waals surface area contributed by atoms with Gasteiger partial charge >= 0.3 is 0 Å². The van der Waals surface area contributed by atoms with Gasteiger partial charge in [-0.2, -0.15) is 5.10 Å². The van der Waals surface area contributed by atoms with Gasteiger partial charge in [-0.05, 0) is 25.5 Å². The molecule has 1 saturated heterocycles. The fourth-order valence-electron chi connectivity index (χ4n) is 1.70. The summed E-state index contributed by atoms with van der Waals surface area (Å²) in [5.41, 5.74) is 6.38. The monoisotopic (exact) mass is 212 g/mol. The Morgan fingerprint density at radius 3 is 3.07 bits per heavy atom. The van der Waals surface area contributed by atoms with Crippen molar-refractivity contribution in [2.24, 2.45) is 0 Å². The predicted octanol–water partition coefficient (Wildman–Crippen LogP) is 1.01. The van der Waals surface area contributed by atoms with E-state index in [0.29, 0.717) is 16.9 Å². The molecule has 0 aliphatic carbocycles. The maximum absolute atomic E-state index is 5.85. The van der Waals surface area contributed by atoms with E-state index in [1.807, 2.05) is 0 Å². The number of aromatic nitrogens is 2. The summed E-state index contributed by atoms with van der Waals surface area (Å²) in [5.74, 6) is 0.301. The molecule has 0 spiro atoms. The molecule has 14 heavy (non-hydrogen) atoms. The quantitative estimate of drug-likeness (QED) is 0.768. The molecule has 1 aromatic heterocycles. The van der Waals surface area contributed by atoms with E-state index >= 15 is 0 Å². The Hall–Kier alpha value is -0.870. The summed E-state index contributed by atoms with van der Waals surface area (Å²) in [5, 5.41) is 11.7. The third-order valence-electron chi connectivity index (χ3n) is 2.44. The van der Waals surface area contributed by atoms with Crippen molar-refractivity contribution in [3.8, 4) is 0 Å². The number of nitrogens with zero attached hydrogens (tertiary/aromatic N) is 2. The molecule has 1 aromatic rings. The van der Waals surface area contributed by atoms with Gasteiger partial charge in [0.15, 0.2) is 5.82 Å². The van der Waals surface area contributed by atoms with E-state index in [-0.39, 0.29) is 0 Å². The minimum atomic E-state index is 0.301. The van der Waals surface area contributed by atoms with Crippen LogP contribution in [0.5, 0.6) is 0 Å². The summed E-state index contributed by atoms with van der Waals surface area (Å²) in [6.07, 6.45) is 3.32. The molecule has 0 bridgehead atoms. The summed E-state index contributed by atoms with van der Waals surface area (Å²) >= 11 is 5.85. The molecule has 5 heteroatoms. The molecule has 3 N–H and O–H groups in total. The highest BCUT2D eigenvalue weighted by molar-refractivity contribution is 6.32. The van der Waals surface area contributed by atoms with Crippen LogP contribution in [0.2, 0.25) is 5.02 Å². The Kier molecular flexibility index (Phi) is 2.84. The van der Waals surface area contributed by atoms with E-state index in [1.165, 1.54) is 12.8 Å². The average Bonchev–Trinajstić information content (AvgIpc) is 2.64. The van der Waals surface area contributed by atoms with Gasteiger partial charge in [-0.15, -0.1) is 5.10 Å². The molecule has 1 aliphatic heterocycles. The number of rotatable bonds is 2. The number of nitrogens with one attached hydrogen (secondary N) is 1. The van der Waals surface area contributed by atoms with Crippen LogP contribution in [0, 0.1) is 0 Å². The number of halogens is 1. The second-order valence-corrected chi connectivity index (χ2v) is 3.97. The Labute approximate surface area is 87.9 Å². The van der Waals surface area contributed by atoms with Gasteiger partial charge in [0.2, 0.25) is 0 Å². The van der Waals surface area contributed by atoms with Crippen LogP contribution in [0.25, 0.3) is 0 Å². The molecule has 1 fully saturated rings. The Balaban J connectivity index is 2.05. The molecule has 76 valence electrons. The third-order valence-corrected chi connectivity index (χ3v) is 2.74. The van der Waals surface area contributed by atoms with Gasteiger partial charge in [-0.25, -0.2) is 0 Å². The van der Waals surface area contributed by atoms with Crippen molar-refractivity contribution < 1.29 is 0 Å². The van der Waals surface area contributed by atoms with Crippen molar-refractivity contribution in [1.29, 1.82) is 0 Å². The predicted molar refractivity (Wildman–Crippen MR) is 56.2 cm³/mol. The standard InChI is InChI=1S/C9H13ClN4/c10-8-5-7(13-14-9(8)11)4-6-2-1-3-12-6/h5-6,12H,1-4H2,(H2,11,14). The van der Waals surface area contributed by atoms with E-state index in [1.54, 1.807) is 6.07 Å². The molecular weight excluding hydrogens is 200 g/mol. The third kappa shape index (κ3) is 2.13. The van der Waals surface area contributed by atoms with Crippen molar-refractivity contribution in [1.82, 2.24) is 15.5 Å².